The van der Waals surface area contributed by atoms with E-state index in [4.69, 9.17) is 28.4 Å². The Hall–Kier alpha value is -2.02. The smallest absolute Gasteiger partial charge is 0.306 e. The molecule has 2 saturated heterocycles. The average Bonchev–Trinajstić information content (AvgIpc) is 3.30. The first kappa shape index (κ1) is 59.1. The summed E-state index contributed by atoms with van der Waals surface area (Å²) < 4.78 is 33.5. The lowest BCUT2D eigenvalue weighted by Gasteiger charge is -2.42. The lowest BCUT2D eigenvalue weighted by Crippen LogP contribution is -2.61. The molecule has 2 fully saturated rings. The molecular formula is C50H90O15. The maximum Gasteiger partial charge on any atom is 0.306 e. The number of aliphatic hydroxyl groups is 7. The van der Waals surface area contributed by atoms with Crippen molar-refractivity contribution in [2.75, 3.05) is 26.4 Å². The molecule has 2 rings (SSSR count). The van der Waals surface area contributed by atoms with Gasteiger partial charge in [0.2, 0.25) is 0 Å². The van der Waals surface area contributed by atoms with Crippen LogP contribution in [0, 0.1) is 0 Å². The number of carbonyl (C=O) groups excluding carboxylic acids is 2. The highest BCUT2D eigenvalue weighted by Crippen LogP contribution is 2.26. The SMILES string of the molecule is CCCCCC=CCC=CCCCCCCCCC(=O)OC(COC(=O)CCCCCCCCCCCCCCC)COC1OC(COC2OC(CO)C(O)C(O)C2O)C(O)C(O)C1O. The van der Waals surface area contributed by atoms with Gasteiger partial charge in [-0.05, 0) is 44.9 Å². The van der Waals surface area contributed by atoms with E-state index in [9.17, 15) is 45.3 Å². The molecule has 0 aromatic rings. The zero-order valence-corrected chi connectivity index (χ0v) is 40.0. The number of rotatable bonds is 39. The van der Waals surface area contributed by atoms with Crippen LogP contribution < -0.4 is 0 Å². The number of aliphatic hydroxyl groups excluding tert-OH is 7. The van der Waals surface area contributed by atoms with Crippen LogP contribution in [0.3, 0.4) is 0 Å². The van der Waals surface area contributed by atoms with Crippen LogP contribution in [0.1, 0.15) is 187 Å². The Morgan fingerprint density at radius 1 is 0.492 bits per heavy atom. The van der Waals surface area contributed by atoms with E-state index in [1.54, 1.807) is 0 Å². The van der Waals surface area contributed by atoms with E-state index >= 15 is 0 Å². The van der Waals surface area contributed by atoms with Crippen molar-refractivity contribution >= 4 is 11.9 Å². The second kappa shape index (κ2) is 37.9. The molecule has 7 N–H and O–H groups in total. The Morgan fingerprint density at radius 2 is 0.923 bits per heavy atom. The normalized spacial score (nSPS) is 26.5. The van der Waals surface area contributed by atoms with Gasteiger partial charge in [-0.2, -0.15) is 0 Å². The van der Waals surface area contributed by atoms with E-state index in [0.717, 1.165) is 70.6 Å². The molecule has 0 spiro atoms. The molecule has 2 aliphatic heterocycles. The van der Waals surface area contributed by atoms with Crippen molar-refractivity contribution in [2.45, 2.75) is 255 Å². The number of unbranched alkanes of at least 4 members (excludes halogenated alkanes) is 21. The average molecular weight is 931 g/mol. The van der Waals surface area contributed by atoms with Gasteiger partial charge in [0.15, 0.2) is 18.7 Å². The van der Waals surface area contributed by atoms with Gasteiger partial charge < -0.3 is 64.2 Å². The molecular weight excluding hydrogens is 841 g/mol. The lowest BCUT2D eigenvalue weighted by atomic mass is 9.98. The summed E-state index contributed by atoms with van der Waals surface area (Å²) in [6.45, 7) is 2.56. The number of allylic oxidation sites excluding steroid dienone is 4. The molecule has 0 saturated carbocycles. The summed E-state index contributed by atoms with van der Waals surface area (Å²) in [5, 5.41) is 72.0. The van der Waals surface area contributed by atoms with Crippen LogP contribution in [0.5, 0.6) is 0 Å². The maximum atomic E-state index is 13.0. The zero-order chi connectivity index (χ0) is 47.5. The summed E-state index contributed by atoms with van der Waals surface area (Å²) in [5.74, 6) is -0.931. The molecule has 0 radical (unpaired) electrons. The Kier molecular flexibility index (Phi) is 34.5. The molecule has 0 bridgehead atoms. The Bertz CT molecular complexity index is 1230. The Balaban J connectivity index is 1.82. The molecule has 11 atom stereocenters. The standard InChI is InChI=1S/C50H90O15/c1-3-5-7-9-11-13-15-17-18-19-21-23-25-27-29-31-33-42(53)63-38(35-60-41(52)32-30-28-26-24-22-20-16-14-12-10-8-6-4-2)36-61-49-48(59)46(57)44(55)40(65-49)37-62-50-47(58)45(56)43(54)39(34-51)64-50/h11,13,17-18,38-40,43-51,54-59H,3-10,12,14-16,19-37H2,1-2H3. The maximum absolute atomic E-state index is 13.0. The van der Waals surface area contributed by atoms with Crippen LogP contribution in [0.4, 0.5) is 0 Å². The van der Waals surface area contributed by atoms with Crippen LogP contribution in [0.25, 0.3) is 0 Å². The third-order valence-corrected chi connectivity index (χ3v) is 12.2. The second-order valence-corrected chi connectivity index (χ2v) is 18.0. The Morgan fingerprint density at radius 3 is 1.46 bits per heavy atom. The van der Waals surface area contributed by atoms with E-state index in [1.807, 2.05) is 0 Å². The fourth-order valence-electron chi connectivity index (χ4n) is 7.95. The Labute approximate surface area is 390 Å². The topological polar surface area (TPSA) is 231 Å². The van der Waals surface area contributed by atoms with Crippen molar-refractivity contribution in [3.05, 3.63) is 24.3 Å². The van der Waals surface area contributed by atoms with Gasteiger partial charge in [-0.3, -0.25) is 9.59 Å². The molecule has 11 unspecified atom stereocenters. The predicted molar refractivity (Wildman–Crippen MR) is 247 cm³/mol. The highest BCUT2D eigenvalue weighted by Gasteiger charge is 2.47. The molecule has 2 heterocycles. The van der Waals surface area contributed by atoms with Gasteiger partial charge in [-0.1, -0.05) is 154 Å². The highest BCUT2D eigenvalue weighted by atomic mass is 16.7. The molecule has 0 aliphatic carbocycles. The summed E-state index contributed by atoms with van der Waals surface area (Å²) in [4.78, 5) is 25.7. The summed E-state index contributed by atoms with van der Waals surface area (Å²) in [5.41, 5.74) is 0. The molecule has 0 aromatic heterocycles. The summed E-state index contributed by atoms with van der Waals surface area (Å²) >= 11 is 0. The molecule has 65 heavy (non-hydrogen) atoms. The first-order valence-electron chi connectivity index (χ1n) is 25.4. The van der Waals surface area contributed by atoms with Crippen molar-refractivity contribution in [2.24, 2.45) is 0 Å². The lowest BCUT2D eigenvalue weighted by molar-refractivity contribution is -0.332. The molecule has 15 heteroatoms. The third kappa shape index (κ3) is 26.4. The van der Waals surface area contributed by atoms with E-state index in [1.165, 1.54) is 77.0 Å². The fraction of sp³-hybridized carbons (Fsp3) is 0.880. The second-order valence-electron chi connectivity index (χ2n) is 18.0. The van der Waals surface area contributed by atoms with Gasteiger partial charge in [-0.15, -0.1) is 0 Å². The minimum Gasteiger partial charge on any atom is -0.462 e. The van der Waals surface area contributed by atoms with E-state index < -0.39 is 92.7 Å². The molecule has 380 valence electrons. The van der Waals surface area contributed by atoms with Crippen LogP contribution >= 0.6 is 0 Å². The first-order chi connectivity index (χ1) is 31.5. The number of hydrogen-bond donors (Lipinski definition) is 7. The van der Waals surface area contributed by atoms with Crippen molar-refractivity contribution in [1.82, 2.24) is 0 Å². The fourth-order valence-corrected chi connectivity index (χ4v) is 7.95. The van der Waals surface area contributed by atoms with E-state index in [-0.39, 0.29) is 26.1 Å². The van der Waals surface area contributed by atoms with Crippen LogP contribution in [0.2, 0.25) is 0 Å². The zero-order valence-electron chi connectivity index (χ0n) is 40.0. The molecule has 0 aromatic carbocycles. The highest BCUT2D eigenvalue weighted by molar-refractivity contribution is 5.70. The number of carbonyl (C=O) groups is 2. The molecule has 2 aliphatic rings. The summed E-state index contributed by atoms with van der Waals surface area (Å²) in [6, 6.07) is 0. The minimum absolute atomic E-state index is 0.156. The van der Waals surface area contributed by atoms with Crippen molar-refractivity contribution in [3.8, 4) is 0 Å². The van der Waals surface area contributed by atoms with Crippen LogP contribution in [-0.4, -0.2) is 142 Å². The van der Waals surface area contributed by atoms with Gasteiger partial charge >= 0.3 is 11.9 Å². The molecule has 0 amide bonds. The van der Waals surface area contributed by atoms with Crippen molar-refractivity contribution in [3.63, 3.8) is 0 Å². The van der Waals surface area contributed by atoms with Gasteiger partial charge in [0.25, 0.3) is 0 Å². The molecule has 15 nitrogen and oxygen atoms in total. The van der Waals surface area contributed by atoms with Gasteiger partial charge in [0.05, 0.1) is 19.8 Å². The number of esters is 2. The monoisotopic (exact) mass is 931 g/mol. The van der Waals surface area contributed by atoms with Gasteiger partial charge in [-0.25, -0.2) is 0 Å². The van der Waals surface area contributed by atoms with Crippen LogP contribution in [-0.2, 0) is 38.0 Å². The summed E-state index contributed by atoms with van der Waals surface area (Å²) in [7, 11) is 0. The van der Waals surface area contributed by atoms with Gasteiger partial charge in [0.1, 0.15) is 55.4 Å². The quantitative estimate of drug-likeness (QED) is 0.0192. The minimum atomic E-state index is -1.76. The van der Waals surface area contributed by atoms with Crippen molar-refractivity contribution < 1.29 is 73.8 Å². The van der Waals surface area contributed by atoms with Crippen molar-refractivity contribution in [1.29, 1.82) is 0 Å². The predicted octanol–water partition coefficient (Wildman–Crippen LogP) is 6.77. The first-order valence-corrected chi connectivity index (χ1v) is 25.4. The van der Waals surface area contributed by atoms with E-state index in [0.29, 0.717) is 12.8 Å². The summed E-state index contributed by atoms with van der Waals surface area (Å²) in [6.07, 6.45) is 20.6. The number of hydrogen-bond acceptors (Lipinski definition) is 15. The van der Waals surface area contributed by atoms with Crippen LogP contribution in [0.15, 0.2) is 24.3 Å². The third-order valence-electron chi connectivity index (χ3n) is 12.2. The largest absolute Gasteiger partial charge is 0.462 e. The van der Waals surface area contributed by atoms with E-state index in [2.05, 4.69) is 38.2 Å². The number of ether oxygens (including phenoxy) is 6. The van der Waals surface area contributed by atoms with Gasteiger partial charge in [0, 0.05) is 12.8 Å².